The first-order chi connectivity index (χ1) is 24.7. The van der Waals surface area contributed by atoms with Gasteiger partial charge in [0.25, 0.3) is 0 Å². The summed E-state index contributed by atoms with van der Waals surface area (Å²) in [6.07, 6.45) is 3.78. The molecule has 0 aliphatic carbocycles. The summed E-state index contributed by atoms with van der Waals surface area (Å²) in [6.45, 7) is 0. The first kappa shape index (κ1) is 29.0. The topological polar surface area (TPSA) is 25.8 Å². The third-order valence-electron chi connectivity index (χ3n) is 9.59. The van der Waals surface area contributed by atoms with Gasteiger partial charge in [0.2, 0.25) is 0 Å². The minimum atomic E-state index is 0.854. The molecule has 0 radical (unpaired) electrons. The van der Waals surface area contributed by atoms with E-state index in [2.05, 4.69) is 158 Å². The van der Waals surface area contributed by atoms with E-state index in [1.54, 1.807) is 0 Å². The summed E-state index contributed by atoms with van der Waals surface area (Å²) in [5, 5.41) is 5.26. The van der Waals surface area contributed by atoms with E-state index in [1.807, 2.05) is 35.1 Å². The molecule has 0 N–H and O–H groups in total. The molecule has 6 aromatic carbocycles. The van der Waals surface area contributed by atoms with Crippen molar-refractivity contribution in [2.24, 2.45) is 0 Å². The Morgan fingerprint density at radius 3 is 1.12 bits per heavy atom. The molecular formula is C46H28N2S2. The van der Waals surface area contributed by atoms with Crippen molar-refractivity contribution in [2.45, 2.75) is 0 Å². The van der Waals surface area contributed by atoms with Crippen LogP contribution in [0.3, 0.4) is 0 Å². The highest BCUT2D eigenvalue weighted by Gasteiger charge is 2.11. The summed E-state index contributed by atoms with van der Waals surface area (Å²) in [5.41, 5.74) is 11.1. The van der Waals surface area contributed by atoms with Crippen LogP contribution < -0.4 is 0 Å². The Balaban J connectivity index is 0.968. The van der Waals surface area contributed by atoms with Crippen molar-refractivity contribution in [2.75, 3.05) is 0 Å². The molecular weight excluding hydrogens is 645 g/mol. The van der Waals surface area contributed by atoms with Crippen molar-refractivity contribution in [1.29, 1.82) is 0 Å². The minimum absolute atomic E-state index is 0.854. The summed E-state index contributed by atoms with van der Waals surface area (Å²) >= 11 is 3.70. The van der Waals surface area contributed by atoms with Crippen LogP contribution >= 0.6 is 22.7 Å². The average molecular weight is 673 g/mol. The van der Waals surface area contributed by atoms with Gasteiger partial charge in [-0.25, -0.2) is 0 Å². The Morgan fingerprint density at radius 2 is 0.660 bits per heavy atom. The summed E-state index contributed by atoms with van der Waals surface area (Å²) < 4.78 is 5.29. The quantitative estimate of drug-likeness (QED) is 0.182. The van der Waals surface area contributed by atoms with Gasteiger partial charge < -0.3 is 0 Å². The molecule has 50 heavy (non-hydrogen) atoms. The van der Waals surface area contributed by atoms with E-state index in [4.69, 9.17) is 9.97 Å². The molecule has 0 amide bonds. The fraction of sp³-hybridized carbons (Fsp3) is 0. The summed E-state index contributed by atoms with van der Waals surface area (Å²) in [5.74, 6) is 0. The standard InChI is InChI=1S/C46H28N2S2/c1-3-13-43-37(11-1)39-25-33(15-17-45(39)49-43)29-7-5-9-31(23-29)35-19-21-47-41(27-35)42-28-36(20-22-48-42)32-10-6-8-30(24-32)34-16-18-46-40(26-34)38-12-2-4-14-44(38)50-46/h1-28H. The number of benzene rings is 6. The fourth-order valence-corrected chi connectivity index (χ4v) is 9.24. The van der Waals surface area contributed by atoms with Crippen LogP contribution in [-0.2, 0) is 0 Å². The van der Waals surface area contributed by atoms with Crippen molar-refractivity contribution < 1.29 is 0 Å². The van der Waals surface area contributed by atoms with Crippen molar-refractivity contribution in [3.05, 3.63) is 170 Å². The highest BCUT2D eigenvalue weighted by molar-refractivity contribution is 7.26. The SMILES string of the molecule is c1cc(-c2ccnc(-c3cc(-c4cccc(-c5ccc6sc7ccccc7c6c5)c4)ccn3)c2)cc(-c2ccc3sc4ccccc4c3c2)c1. The molecule has 0 atom stereocenters. The molecule has 4 heteroatoms. The largest absolute Gasteiger partial charge is 0.255 e. The highest BCUT2D eigenvalue weighted by atomic mass is 32.1. The Labute approximate surface area is 297 Å². The number of fused-ring (bicyclic) bond motifs is 6. The first-order valence-electron chi connectivity index (χ1n) is 16.7. The van der Waals surface area contributed by atoms with E-state index in [-0.39, 0.29) is 0 Å². The predicted octanol–water partition coefficient (Wildman–Crippen LogP) is 13.5. The fourth-order valence-electron chi connectivity index (χ4n) is 7.07. The molecule has 0 saturated heterocycles. The Hall–Kier alpha value is -5.94. The predicted molar refractivity (Wildman–Crippen MR) is 215 cm³/mol. The maximum Gasteiger partial charge on any atom is 0.0892 e. The van der Waals surface area contributed by atoms with Crippen LogP contribution in [0.5, 0.6) is 0 Å². The average Bonchev–Trinajstić information content (AvgIpc) is 3.76. The van der Waals surface area contributed by atoms with Gasteiger partial charge in [-0.05, 0) is 117 Å². The molecule has 0 spiro atoms. The van der Waals surface area contributed by atoms with E-state index in [0.29, 0.717) is 0 Å². The summed E-state index contributed by atoms with van der Waals surface area (Å²) in [7, 11) is 0. The zero-order valence-corrected chi connectivity index (χ0v) is 28.5. The second-order valence-electron chi connectivity index (χ2n) is 12.6. The Morgan fingerprint density at radius 1 is 0.280 bits per heavy atom. The van der Waals surface area contributed by atoms with E-state index in [9.17, 15) is 0 Å². The van der Waals surface area contributed by atoms with Crippen molar-refractivity contribution in [1.82, 2.24) is 9.97 Å². The molecule has 0 aliphatic rings. The van der Waals surface area contributed by atoms with Gasteiger partial charge in [-0.1, -0.05) is 84.9 Å². The zero-order chi connectivity index (χ0) is 33.0. The minimum Gasteiger partial charge on any atom is -0.255 e. The van der Waals surface area contributed by atoms with Gasteiger partial charge >= 0.3 is 0 Å². The zero-order valence-electron chi connectivity index (χ0n) is 26.9. The molecule has 0 bridgehead atoms. The lowest BCUT2D eigenvalue weighted by atomic mass is 9.97. The third kappa shape index (κ3) is 5.09. The highest BCUT2D eigenvalue weighted by Crippen LogP contribution is 2.39. The summed E-state index contributed by atoms with van der Waals surface area (Å²) in [6, 6.07) is 57.0. The molecule has 2 nitrogen and oxygen atoms in total. The van der Waals surface area contributed by atoms with Crippen molar-refractivity contribution in [3.63, 3.8) is 0 Å². The Kier molecular flexibility index (Phi) is 6.90. The normalized spacial score (nSPS) is 11.6. The van der Waals surface area contributed by atoms with Gasteiger partial charge in [0.15, 0.2) is 0 Å². The third-order valence-corrected chi connectivity index (χ3v) is 11.9. The van der Waals surface area contributed by atoms with E-state index >= 15 is 0 Å². The molecule has 10 rings (SSSR count). The van der Waals surface area contributed by atoms with Crippen LogP contribution in [0.15, 0.2) is 170 Å². The summed E-state index contributed by atoms with van der Waals surface area (Å²) in [4.78, 5) is 9.52. The van der Waals surface area contributed by atoms with E-state index < -0.39 is 0 Å². The van der Waals surface area contributed by atoms with Gasteiger partial charge in [-0.15, -0.1) is 22.7 Å². The monoisotopic (exact) mass is 672 g/mol. The molecule has 4 heterocycles. The first-order valence-corrected chi connectivity index (χ1v) is 18.3. The smallest absolute Gasteiger partial charge is 0.0892 e. The number of rotatable bonds is 5. The number of hydrogen-bond acceptors (Lipinski definition) is 4. The molecule has 0 aliphatic heterocycles. The van der Waals surface area contributed by atoms with Gasteiger partial charge in [-0.2, -0.15) is 0 Å². The molecule has 234 valence electrons. The molecule has 4 aromatic heterocycles. The van der Waals surface area contributed by atoms with Crippen LogP contribution in [0.1, 0.15) is 0 Å². The maximum atomic E-state index is 4.76. The van der Waals surface area contributed by atoms with Gasteiger partial charge in [0.1, 0.15) is 0 Å². The van der Waals surface area contributed by atoms with Crippen LogP contribution in [0.4, 0.5) is 0 Å². The molecule has 10 aromatic rings. The lowest BCUT2D eigenvalue weighted by Gasteiger charge is -2.10. The van der Waals surface area contributed by atoms with Gasteiger partial charge in [0, 0.05) is 52.7 Å². The van der Waals surface area contributed by atoms with Gasteiger partial charge in [0.05, 0.1) is 11.4 Å². The van der Waals surface area contributed by atoms with Crippen LogP contribution in [0, 0.1) is 0 Å². The van der Waals surface area contributed by atoms with Gasteiger partial charge in [-0.3, -0.25) is 9.97 Å². The van der Waals surface area contributed by atoms with E-state index in [1.165, 1.54) is 62.6 Å². The Bertz CT molecular complexity index is 2700. The van der Waals surface area contributed by atoms with Crippen LogP contribution in [-0.4, -0.2) is 9.97 Å². The van der Waals surface area contributed by atoms with Crippen LogP contribution in [0.2, 0.25) is 0 Å². The molecule has 0 fully saturated rings. The number of thiophene rings is 2. The number of hydrogen-bond donors (Lipinski definition) is 0. The van der Waals surface area contributed by atoms with Crippen molar-refractivity contribution >= 4 is 63.0 Å². The second-order valence-corrected chi connectivity index (χ2v) is 14.8. The number of aromatic nitrogens is 2. The number of nitrogens with zero attached hydrogens (tertiary/aromatic N) is 2. The van der Waals surface area contributed by atoms with E-state index in [0.717, 1.165) is 33.6 Å². The maximum absolute atomic E-state index is 4.76. The van der Waals surface area contributed by atoms with Crippen LogP contribution in [0.25, 0.3) is 96.2 Å². The molecule has 0 unspecified atom stereocenters. The second kappa shape index (κ2) is 11.9. The van der Waals surface area contributed by atoms with Crippen molar-refractivity contribution in [3.8, 4) is 55.9 Å². The lowest BCUT2D eigenvalue weighted by molar-refractivity contribution is 1.25. The number of pyridine rings is 2. The molecule has 0 saturated carbocycles. The lowest BCUT2D eigenvalue weighted by Crippen LogP contribution is -1.90.